The molecule has 19 heavy (non-hydrogen) atoms. The Labute approximate surface area is 109 Å². The molecule has 3 heterocycles. The third-order valence-electron chi connectivity index (χ3n) is 2.76. The molecule has 0 saturated carbocycles. The molecule has 0 fully saturated rings. The molecule has 0 radical (unpaired) electrons. The zero-order chi connectivity index (χ0) is 13.1. The van der Waals surface area contributed by atoms with Crippen LogP contribution >= 0.6 is 0 Å². The predicted octanol–water partition coefficient (Wildman–Crippen LogP) is 1.72. The summed E-state index contributed by atoms with van der Waals surface area (Å²) < 4.78 is 7.11. The van der Waals surface area contributed by atoms with Gasteiger partial charge in [-0.2, -0.15) is 15.2 Å². The van der Waals surface area contributed by atoms with E-state index in [0.29, 0.717) is 17.4 Å². The monoisotopic (exact) mass is 256 g/mol. The minimum Gasteiger partial charge on any atom is -0.337 e. The highest BCUT2D eigenvalue weighted by Crippen LogP contribution is 2.21. The Morgan fingerprint density at radius 1 is 1.32 bits per heavy atom. The summed E-state index contributed by atoms with van der Waals surface area (Å²) in [5.41, 5.74) is 0.591. The fourth-order valence-corrected chi connectivity index (χ4v) is 1.84. The van der Waals surface area contributed by atoms with Crippen molar-refractivity contribution in [2.24, 2.45) is 0 Å². The minimum atomic E-state index is -0.0621. The van der Waals surface area contributed by atoms with Gasteiger partial charge in [0, 0.05) is 18.6 Å². The van der Waals surface area contributed by atoms with Crippen molar-refractivity contribution in [3.63, 3.8) is 0 Å². The molecule has 3 aromatic heterocycles. The van der Waals surface area contributed by atoms with Crippen molar-refractivity contribution < 1.29 is 4.52 Å². The third-order valence-corrected chi connectivity index (χ3v) is 2.76. The average molecular weight is 256 g/mol. The van der Waals surface area contributed by atoms with E-state index in [1.807, 2.05) is 19.2 Å². The van der Waals surface area contributed by atoms with Gasteiger partial charge in [-0.1, -0.05) is 12.1 Å². The van der Waals surface area contributed by atoms with E-state index in [1.165, 1.54) is 0 Å². The van der Waals surface area contributed by atoms with Crippen LogP contribution < -0.4 is 0 Å². The highest BCUT2D eigenvalue weighted by Gasteiger charge is 2.20. The molecule has 0 N–H and O–H groups in total. The second-order valence-corrected chi connectivity index (χ2v) is 3.98. The van der Waals surface area contributed by atoms with E-state index in [4.69, 9.17) is 4.52 Å². The molecule has 96 valence electrons. The number of nitrogens with zero attached hydrogens (tertiary/aromatic N) is 6. The van der Waals surface area contributed by atoms with Crippen LogP contribution in [0.3, 0.4) is 0 Å². The first-order chi connectivity index (χ1) is 9.38. The van der Waals surface area contributed by atoms with Gasteiger partial charge < -0.3 is 4.52 Å². The molecule has 0 saturated heterocycles. The second-order valence-electron chi connectivity index (χ2n) is 3.98. The number of hydrogen-bond donors (Lipinski definition) is 0. The van der Waals surface area contributed by atoms with E-state index >= 15 is 0 Å². The molecule has 0 aromatic carbocycles. The highest BCUT2D eigenvalue weighted by atomic mass is 16.5. The van der Waals surface area contributed by atoms with Crippen molar-refractivity contribution in [3.8, 4) is 11.5 Å². The Kier molecular flexibility index (Phi) is 3.01. The van der Waals surface area contributed by atoms with Gasteiger partial charge in [-0.25, -0.2) is 0 Å². The zero-order valence-corrected chi connectivity index (χ0v) is 10.3. The second kappa shape index (κ2) is 4.97. The molecule has 0 amide bonds. The van der Waals surface area contributed by atoms with Gasteiger partial charge in [0.1, 0.15) is 11.7 Å². The molecule has 7 heteroatoms. The lowest BCUT2D eigenvalue weighted by atomic mass is 10.2. The predicted molar refractivity (Wildman–Crippen MR) is 66.0 cm³/mol. The summed E-state index contributed by atoms with van der Waals surface area (Å²) in [5, 5.41) is 15.9. The van der Waals surface area contributed by atoms with Crippen LogP contribution in [-0.2, 0) is 0 Å². The van der Waals surface area contributed by atoms with Gasteiger partial charge in [0.05, 0.1) is 0 Å². The molecule has 0 aliphatic carbocycles. The van der Waals surface area contributed by atoms with E-state index in [2.05, 4.69) is 25.4 Å². The molecule has 0 spiro atoms. The quantitative estimate of drug-likeness (QED) is 0.706. The van der Waals surface area contributed by atoms with Gasteiger partial charge in [-0.3, -0.25) is 4.68 Å². The maximum Gasteiger partial charge on any atom is 0.251 e. The molecule has 0 bridgehead atoms. The SMILES string of the molecule is CC[C@H](c1nc(-c2cccnn2)no1)n1cccn1. The fourth-order valence-electron chi connectivity index (χ4n) is 1.84. The maximum absolute atomic E-state index is 5.31. The van der Waals surface area contributed by atoms with Crippen LogP contribution in [0.1, 0.15) is 25.3 Å². The van der Waals surface area contributed by atoms with Crippen LogP contribution in [0.25, 0.3) is 11.5 Å². The van der Waals surface area contributed by atoms with E-state index in [1.54, 1.807) is 29.2 Å². The van der Waals surface area contributed by atoms with Gasteiger partial charge in [0.2, 0.25) is 5.82 Å². The molecule has 1 atom stereocenters. The molecule has 3 aromatic rings. The zero-order valence-electron chi connectivity index (χ0n) is 10.3. The molecular formula is C12H12N6O. The van der Waals surface area contributed by atoms with E-state index in [-0.39, 0.29) is 6.04 Å². The molecule has 3 rings (SSSR count). The van der Waals surface area contributed by atoms with Crippen molar-refractivity contribution in [1.29, 1.82) is 0 Å². The fraction of sp³-hybridized carbons (Fsp3) is 0.250. The van der Waals surface area contributed by atoms with Crippen molar-refractivity contribution in [2.45, 2.75) is 19.4 Å². The number of aromatic nitrogens is 6. The van der Waals surface area contributed by atoms with Gasteiger partial charge >= 0.3 is 0 Å². The van der Waals surface area contributed by atoms with Gasteiger partial charge in [0.15, 0.2) is 0 Å². The van der Waals surface area contributed by atoms with Gasteiger partial charge in [-0.05, 0) is 24.6 Å². The third kappa shape index (κ3) is 2.22. The lowest BCUT2D eigenvalue weighted by Gasteiger charge is -2.09. The normalized spacial score (nSPS) is 12.5. The highest BCUT2D eigenvalue weighted by molar-refractivity contribution is 5.46. The largest absolute Gasteiger partial charge is 0.337 e. The Bertz CT molecular complexity index is 633. The average Bonchev–Trinajstić information content (AvgIpc) is 3.12. The van der Waals surface area contributed by atoms with Gasteiger partial charge in [-0.15, -0.1) is 5.10 Å². The Morgan fingerprint density at radius 2 is 2.26 bits per heavy atom. The standard InChI is InChI=1S/C12H12N6O/c1-2-10(18-8-4-7-14-18)12-15-11(17-19-12)9-5-3-6-13-16-9/h3-8,10H,2H2,1H3/t10-/m1/s1. The molecule has 0 aliphatic rings. The lowest BCUT2D eigenvalue weighted by molar-refractivity contribution is 0.321. The summed E-state index contributed by atoms with van der Waals surface area (Å²) in [5.74, 6) is 0.959. The van der Waals surface area contributed by atoms with Crippen molar-refractivity contribution in [3.05, 3.63) is 42.7 Å². The first kappa shape index (κ1) is 11.5. The summed E-state index contributed by atoms with van der Waals surface area (Å²) in [7, 11) is 0. The molecule has 7 nitrogen and oxygen atoms in total. The van der Waals surface area contributed by atoms with Crippen LogP contribution in [0, 0.1) is 0 Å². The summed E-state index contributed by atoms with van der Waals surface area (Å²) in [6.07, 6.45) is 6.01. The topological polar surface area (TPSA) is 82.5 Å². The van der Waals surface area contributed by atoms with E-state index in [9.17, 15) is 0 Å². The summed E-state index contributed by atoms with van der Waals surface area (Å²) >= 11 is 0. The Hall–Kier alpha value is -2.57. The molecule has 0 unspecified atom stereocenters. The van der Waals surface area contributed by atoms with E-state index < -0.39 is 0 Å². The maximum atomic E-state index is 5.31. The summed E-state index contributed by atoms with van der Waals surface area (Å²) in [6.45, 7) is 2.04. The van der Waals surface area contributed by atoms with Crippen LogP contribution in [-0.4, -0.2) is 30.1 Å². The van der Waals surface area contributed by atoms with Crippen LogP contribution in [0.15, 0.2) is 41.3 Å². The molecular weight excluding hydrogens is 244 g/mol. The van der Waals surface area contributed by atoms with Crippen LogP contribution in [0.2, 0.25) is 0 Å². The van der Waals surface area contributed by atoms with Crippen molar-refractivity contribution in [1.82, 2.24) is 30.1 Å². The Morgan fingerprint density at radius 3 is 2.95 bits per heavy atom. The van der Waals surface area contributed by atoms with E-state index in [0.717, 1.165) is 6.42 Å². The van der Waals surface area contributed by atoms with Gasteiger partial charge in [0.25, 0.3) is 5.89 Å². The minimum absolute atomic E-state index is 0.0621. The lowest BCUT2D eigenvalue weighted by Crippen LogP contribution is -2.10. The van der Waals surface area contributed by atoms with Crippen LogP contribution in [0.5, 0.6) is 0 Å². The Balaban J connectivity index is 1.93. The summed E-state index contributed by atoms with van der Waals surface area (Å²) in [6, 6.07) is 5.37. The first-order valence-electron chi connectivity index (χ1n) is 5.99. The van der Waals surface area contributed by atoms with Crippen LogP contribution in [0.4, 0.5) is 0 Å². The number of rotatable bonds is 4. The number of hydrogen-bond acceptors (Lipinski definition) is 6. The van der Waals surface area contributed by atoms with Crippen molar-refractivity contribution in [2.75, 3.05) is 0 Å². The van der Waals surface area contributed by atoms with Crippen molar-refractivity contribution >= 4 is 0 Å². The first-order valence-corrected chi connectivity index (χ1v) is 5.99. The summed E-state index contributed by atoms with van der Waals surface area (Å²) in [4.78, 5) is 4.37. The molecule has 0 aliphatic heterocycles. The smallest absolute Gasteiger partial charge is 0.251 e.